The molecule has 14 heavy (non-hydrogen) atoms. The quantitative estimate of drug-likeness (QED) is 0.616. The minimum Gasteiger partial charge on any atom is -0.478 e. The zero-order valence-electron chi connectivity index (χ0n) is 8.10. The molecule has 0 radical (unpaired) electrons. The first-order valence-electron chi connectivity index (χ1n) is 5.32. The largest absolute Gasteiger partial charge is 0.478 e. The SMILES string of the molecule is NC1CCC2CC3N=COC3CC2=N1. The predicted octanol–water partition coefficient (Wildman–Crippen LogP) is 0.712. The van der Waals surface area contributed by atoms with Gasteiger partial charge >= 0.3 is 0 Å². The summed E-state index contributed by atoms with van der Waals surface area (Å²) in [7, 11) is 0. The van der Waals surface area contributed by atoms with Crippen LogP contribution >= 0.6 is 0 Å². The third-order valence-electron chi connectivity index (χ3n) is 3.47. The minimum atomic E-state index is 0.0279. The summed E-state index contributed by atoms with van der Waals surface area (Å²) >= 11 is 0. The van der Waals surface area contributed by atoms with Crippen LogP contribution in [-0.4, -0.2) is 30.4 Å². The van der Waals surface area contributed by atoms with Crippen LogP contribution in [0.1, 0.15) is 25.7 Å². The van der Waals surface area contributed by atoms with E-state index < -0.39 is 0 Å². The van der Waals surface area contributed by atoms with Crippen LogP contribution in [-0.2, 0) is 4.74 Å². The van der Waals surface area contributed by atoms with Gasteiger partial charge in [-0.05, 0) is 25.2 Å². The first-order valence-corrected chi connectivity index (χ1v) is 5.32. The number of nitrogens with two attached hydrogens (primary N) is 1. The zero-order valence-corrected chi connectivity index (χ0v) is 8.10. The zero-order chi connectivity index (χ0) is 9.54. The summed E-state index contributed by atoms with van der Waals surface area (Å²) in [5.41, 5.74) is 7.09. The van der Waals surface area contributed by atoms with Crippen molar-refractivity contribution in [2.75, 3.05) is 0 Å². The second kappa shape index (κ2) is 3.05. The normalized spacial score (nSPS) is 45.1. The van der Waals surface area contributed by atoms with Crippen LogP contribution in [0.15, 0.2) is 9.98 Å². The Morgan fingerprint density at radius 1 is 1.43 bits per heavy atom. The first-order chi connectivity index (χ1) is 6.83. The fourth-order valence-corrected chi connectivity index (χ4v) is 2.67. The number of hydrogen-bond acceptors (Lipinski definition) is 4. The van der Waals surface area contributed by atoms with E-state index in [9.17, 15) is 0 Å². The molecule has 0 saturated heterocycles. The smallest absolute Gasteiger partial charge is 0.170 e. The molecule has 2 heterocycles. The van der Waals surface area contributed by atoms with Gasteiger partial charge in [-0.25, -0.2) is 0 Å². The lowest BCUT2D eigenvalue weighted by molar-refractivity contribution is 0.178. The van der Waals surface area contributed by atoms with E-state index in [1.54, 1.807) is 6.40 Å². The van der Waals surface area contributed by atoms with Crippen molar-refractivity contribution in [2.45, 2.75) is 44.0 Å². The summed E-state index contributed by atoms with van der Waals surface area (Å²) in [6.45, 7) is 0. The minimum absolute atomic E-state index is 0.0279. The Kier molecular flexibility index (Phi) is 1.83. The number of nitrogens with zero attached hydrogens (tertiary/aromatic N) is 2. The fourth-order valence-electron chi connectivity index (χ4n) is 2.67. The second-order valence-corrected chi connectivity index (χ2v) is 4.40. The van der Waals surface area contributed by atoms with Crippen molar-refractivity contribution in [3.8, 4) is 0 Å². The highest BCUT2D eigenvalue weighted by Crippen LogP contribution is 2.34. The lowest BCUT2D eigenvalue weighted by atomic mass is 9.78. The molecule has 3 aliphatic rings. The maximum Gasteiger partial charge on any atom is 0.170 e. The Morgan fingerprint density at radius 2 is 2.36 bits per heavy atom. The van der Waals surface area contributed by atoms with Gasteiger partial charge in [0.2, 0.25) is 0 Å². The molecule has 4 nitrogen and oxygen atoms in total. The summed E-state index contributed by atoms with van der Waals surface area (Å²) in [4.78, 5) is 8.86. The highest BCUT2D eigenvalue weighted by Gasteiger charge is 2.39. The Labute approximate surface area is 83.3 Å². The number of fused-ring (bicyclic) bond motifs is 2. The molecular weight excluding hydrogens is 178 g/mol. The van der Waals surface area contributed by atoms with Gasteiger partial charge in [-0.1, -0.05) is 0 Å². The number of hydrogen-bond donors (Lipinski definition) is 1. The van der Waals surface area contributed by atoms with Crippen molar-refractivity contribution in [3.63, 3.8) is 0 Å². The summed E-state index contributed by atoms with van der Waals surface area (Å²) in [5, 5.41) is 0. The van der Waals surface area contributed by atoms with Gasteiger partial charge in [0, 0.05) is 12.1 Å². The molecule has 1 aliphatic carbocycles. The Bertz CT molecular complexity index is 300. The van der Waals surface area contributed by atoms with E-state index in [1.807, 2.05) is 0 Å². The van der Waals surface area contributed by atoms with Gasteiger partial charge in [0.25, 0.3) is 0 Å². The van der Waals surface area contributed by atoms with Crippen molar-refractivity contribution in [2.24, 2.45) is 21.6 Å². The molecule has 76 valence electrons. The highest BCUT2D eigenvalue weighted by molar-refractivity contribution is 5.89. The van der Waals surface area contributed by atoms with Crippen molar-refractivity contribution in [1.29, 1.82) is 0 Å². The standard InChI is InChI=1S/C10H15N3O/c11-10-2-1-6-3-8-9(14-5-12-8)4-7(6)13-10/h5-6,8-10H,1-4,11H2. The van der Waals surface area contributed by atoms with Gasteiger partial charge in [0.1, 0.15) is 6.10 Å². The van der Waals surface area contributed by atoms with Crippen molar-refractivity contribution in [1.82, 2.24) is 0 Å². The van der Waals surface area contributed by atoms with Crippen molar-refractivity contribution in [3.05, 3.63) is 0 Å². The molecule has 0 spiro atoms. The van der Waals surface area contributed by atoms with Crippen LogP contribution in [0.25, 0.3) is 0 Å². The van der Waals surface area contributed by atoms with E-state index >= 15 is 0 Å². The van der Waals surface area contributed by atoms with Gasteiger partial charge in [-0.2, -0.15) is 0 Å². The van der Waals surface area contributed by atoms with Gasteiger partial charge in [0.15, 0.2) is 6.40 Å². The van der Waals surface area contributed by atoms with E-state index in [0.29, 0.717) is 12.0 Å². The first kappa shape index (κ1) is 8.41. The number of aliphatic imine (C=N–C) groups is 2. The van der Waals surface area contributed by atoms with Gasteiger partial charge < -0.3 is 10.5 Å². The molecule has 4 unspecified atom stereocenters. The predicted molar refractivity (Wildman–Crippen MR) is 54.5 cm³/mol. The number of ether oxygens (including phenoxy) is 1. The van der Waals surface area contributed by atoms with E-state index in [0.717, 1.165) is 19.3 Å². The molecule has 0 aromatic carbocycles. The van der Waals surface area contributed by atoms with Crippen LogP contribution in [0.4, 0.5) is 0 Å². The third kappa shape index (κ3) is 1.25. The second-order valence-electron chi connectivity index (χ2n) is 4.40. The van der Waals surface area contributed by atoms with Crippen molar-refractivity contribution < 1.29 is 4.74 Å². The van der Waals surface area contributed by atoms with E-state index in [-0.39, 0.29) is 12.3 Å². The summed E-state index contributed by atoms with van der Waals surface area (Å²) in [6.07, 6.45) is 6.12. The molecule has 0 aromatic heterocycles. The van der Waals surface area contributed by atoms with Crippen LogP contribution in [0, 0.1) is 5.92 Å². The summed E-state index contributed by atoms with van der Waals surface area (Å²) in [6, 6.07) is 0.383. The van der Waals surface area contributed by atoms with Gasteiger partial charge in [0.05, 0.1) is 12.2 Å². The average molecular weight is 193 g/mol. The molecule has 0 amide bonds. The molecule has 4 atom stereocenters. The lowest BCUT2D eigenvalue weighted by Crippen LogP contribution is -2.41. The Morgan fingerprint density at radius 3 is 3.29 bits per heavy atom. The molecular formula is C10H15N3O. The maximum absolute atomic E-state index is 5.82. The Balaban J connectivity index is 1.82. The molecule has 0 aromatic rings. The molecule has 2 aliphatic heterocycles. The average Bonchev–Trinajstić information content (AvgIpc) is 2.61. The maximum atomic E-state index is 5.82. The van der Waals surface area contributed by atoms with Crippen LogP contribution < -0.4 is 5.73 Å². The van der Waals surface area contributed by atoms with Gasteiger partial charge in [-0.15, -0.1) is 0 Å². The van der Waals surface area contributed by atoms with Crippen LogP contribution in [0.3, 0.4) is 0 Å². The van der Waals surface area contributed by atoms with Gasteiger partial charge in [-0.3, -0.25) is 9.98 Å². The topological polar surface area (TPSA) is 60.0 Å². The van der Waals surface area contributed by atoms with Crippen LogP contribution in [0.2, 0.25) is 0 Å². The molecule has 4 heteroatoms. The fraction of sp³-hybridized carbons (Fsp3) is 0.800. The van der Waals surface area contributed by atoms with E-state index in [4.69, 9.17) is 10.5 Å². The van der Waals surface area contributed by atoms with E-state index in [1.165, 1.54) is 12.1 Å². The summed E-state index contributed by atoms with van der Waals surface area (Å²) in [5.74, 6) is 0.620. The highest BCUT2D eigenvalue weighted by atomic mass is 16.5. The molecule has 1 saturated carbocycles. The summed E-state index contributed by atoms with van der Waals surface area (Å²) < 4.78 is 5.43. The van der Waals surface area contributed by atoms with Crippen LogP contribution in [0.5, 0.6) is 0 Å². The molecule has 3 rings (SSSR count). The molecule has 1 fully saturated rings. The third-order valence-corrected chi connectivity index (χ3v) is 3.47. The Hall–Kier alpha value is -0.900. The monoisotopic (exact) mass is 193 g/mol. The molecule has 0 bridgehead atoms. The lowest BCUT2D eigenvalue weighted by Gasteiger charge is -2.34. The molecule has 2 N–H and O–H groups in total. The number of rotatable bonds is 0. The van der Waals surface area contributed by atoms with Crippen molar-refractivity contribution >= 4 is 12.1 Å². The van der Waals surface area contributed by atoms with E-state index in [2.05, 4.69) is 9.98 Å².